The summed E-state index contributed by atoms with van der Waals surface area (Å²) in [5.74, 6) is 1.47. The minimum absolute atomic E-state index is 0.199. The Morgan fingerprint density at radius 3 is 2.81 bits per heavy atom. The molecule has 1 aromatic heterocycles. The van der Waals surface area contributed by atoms with Crippen molar-refractivity contribution < 1.29 is 9.90 Å². The zero-order valence-electron chi connectivity index (χ0n) is 20.8. The maximum Gasteiger partial charge on any atom is 0.303 e. The third-order valence-corrected chi connectivity index (χ3v) is 7.76. The Balaban J connectivity index is 1.42. The molecule has 2 aromatic rings. The van der Waals surface area contributed by atoms with Gasteiger partial charge in [0, 0.05) is 36.1 Å². The molecule has 3 heterocycles. The lowest BCUT2D eigenvalue weighted by Crippen LogP contribution is -2.54. The number of aliphatic carboxylic acids is 1. The highest BCUT2D eigenvalue weighted by Crippen LogP contribution is 2.34. The third-order valence-electron chi connectivity index (χ3n) is 7.20. The first kappa shape index (κ1) is 27.1. The van der Waals surface area contributed by atoms with Crippen LogP contribution in [0, 0.1) is 28.6 Å². The van der Waals surface area contributed by atoms with Crippen molar-refractivity contribution >= 4 is 46.5 Å². The number of hydrogen-bond acceptors (Lipinski definition) is 8. The molecule has 2 unspecified atom stereocenters. The first-order valence-corrected chi connectivity index (χ1v) is 13.3. The zero-order chi connectivity index (χ0) is 26.5. The summed E-state index contributed by atoms with van der Waals surface area (Å²) in [6.07, 6.45) is 4.85. The summed E-state index contributed by atoms with van der Waals surface area (Å²) < 4.78 is 0. The predicted molar refractivity (Wildman–Crippen MR) is 145 cm³/mol. The van der Waals surface area contributed by atoms with E-state index < -0.39 is 5.97 Å². The van der Waals surface area contributed by atoms with Gasteiger partial charge in [-0.1, -0.05) is 29.3 Å². The first-order chi connectivity index (χ1) is 17.7. The van der Waals surface area contributed by atoms with Gasteiger partial charge in [0.2, 0.25) is 0 Å². The number of piperidine rings is 1. The van der Waals surface area contributed by atoms with E-state index >= 15 is 0 Å². The molecule has 1 aromatic carbocycles. The fourth-order valence-corrected chi connectivity index (χ4v) is 5.71. The summed E-state index contributed by atoms with van der Waals surface area (Å²) in [4.78, 5) is 24.6. The molecular formula is C26H31Cl2N7O2. The van der Waals surface area contributed by atoms with Crippen LogP contribution in [0.3, 0.4) is 0 Å². The summed E-state index contributed by atoms with van der Waals surface area (Å²) in [5.41, 5.74) is 0.758. The number of carboxylic acid groups (broad SMARTS) is 1. The SMILES string of the molecule is CC(Nc1nc(N2CC(C3CCCN(CCCC(=O)O)C3)C2)cnc1C(=N)C#N)c1ccc(Cl)cc1Cl. The van der Waals surface area contributed by atoms with Gasteiger partial charge < -0.3 is 20.2 Å². The number of halogens is 2. The highest BCUT2D eigenvalue weighted by molar-refractivity contribution is 6.35. The van der Waals surface area contributed by atoms with Crippen molar-refractivity contribution in [3.05, 3.63) is 45.7 Å². The Morgan fingerprint density at radius 2 is 2.11 bits per heavy atom. The zero-order valence-corrected chi connectivity index (χ0v) is 22.3. The number of rotatable bonds is 10. The molecule has 0 saturated carbocycles. The maximum absolute atomic E-state index is 10.8. The minimum atomic E-state index is -0.736. The Bertz CT molecular complexity index is 1200. The van der Waals surface area contributed by atoms with Crippen LogP contribution in [-0.4, -0.2) is 64.4 Å². The van der Waals surface area contributed by atoms with Gasteiger partial charge in [-0.15, -0.1) is 0 Å². The molecule has 0 radical (unpaired) electrons. The molecule has 0 aliphatic carbocycles. The normalized spacial score (nSPS) is 19.1. The highest BCUT2D eigenvalue weighted by atomic mass is 35.5. The van der Waals surface area contributed by atoms with E-state index in [-0.39, 0.29) is 23.9 Å². The van der Waals surface area contributed by atoms with E-state index in [0.29, 0.717) is 39.9 Å². The Hall–Kier alpha value is -2.93. The van der Waals surface area contributed by atoms with E-state index in [1.54, 1.807) is 18.3 Å². The molecule has 0 bridgehead atoms. The number of hydrogen-bond donors (Lipinski definition) is 3. The van der Waals surface area contributed by atoms with Crippen LogP contribution in [0.25, 0.3) is 0 Å². The molecule has 3 N–H and O–H groups in total. The molecular weight excluding hydrogens is 513 g/mol. The van der Waals surface area contributed by atoms with Crippen molar-refractivity contribution in [2.45, 2.75) is 38.6 Å². The molecule has 2 saturated heterocycles. The van der Waals surface area contributed by atoms with Gasteiger partial charge in [-0.2, -0.15) is 5.26 Å². The average Bonchev–Trinajstić information content (AvgIpc) is 2.83. The summed E-state index contributed by atoms with van der Waals surface area (Å²) in [5, 5.41) is 30.6. The van der Waals surface area contributed by atoms with E-state index in [1.807, 2.05) is 19.1 Å². The van der Waals surface area contributed by atoms with Crippen LogP contribution in [-0.2, 0) is 4.79 Å². The summed E-state index contributed by atoms with van der Waals surface area (Å²) in [6, 6.07) is 6.88. The number of nitrogens with one attached hydrogen (secondary N) is 2. The number of anilines is 2. The molecule has 2 aliphatic heterocycles. The van der Waals surface area contributed by atoms with Gasteiger partial charge in [-0.3, -0.25) is 10.2 Å². The van der Waals surface area contributed by atoms with Crippen LogP contribution >= 0.6 is 23.2 Å². The third kappa shape index (κ3) is 6.69. The quantitative estimate of drug-likeness (QED) is 0.362. The highest BCUT2D eigenvalue weighted by Gasteiger charge is 2.36. The smallest absolute Gasteiger partial charge is 0.303 e. The van der Waals surface area contributed by atoms with Crippen LogP contribution in [0.4, 0.5) is 11.6 Å². The Morgan fingerprint density at radius 1 is 1.32 bits per heavy atom. The van der Waals surface area contributed by atoms with Gasteiger partial charge in [0.05, 0.1) is 12.2 Å². The van der Waals surface area contributed by atoms with Crippen LogP contribution < -0.4 is 10.2 Å². The Kier molecular flexibility index (Phi) is 8.85. The van der Waals surface area contributed by atoms with Gasteiger partial charge >= 0.3 is 5.97 Å². The van der Waals surface area contributed by atoms with Crippen LogP contribution in [0.5, 0.6) is 0 Å². The van der Waals surface area contributed by atoms with Gasteiger partial charge in [0.15, 0.2) is 11.5 Å². The first-order valence-electron chi connectivity index (χ1n) is 12.5. The standard InChI is InChI=1S/C26H31Cl2N7O2/c1-16(20-7-6-19(27)10-21(20)28)32-26-25(22(30)11-29)31-12-23(33-26)35-14-18(15-35)17-4-2-8-34(13-17)9-3-5-24(36)37/h6-7,10,12,16-18,30H,2-5,8-9,13-15H2,1H3,(H,32,33)(H,36,37). The van der Waals surface area contributed by atoms with Crippen molar-refractivity contribution in [1.82, 2.24) is 14.9 Å². The molecule has 2 fully saturated rings. The van der Waals surface area contributed by atoms with E-state index in [2.05, 4.69) is 20.1 Å². The number of aromatic nitrogens is 2. The molecule has 0 spiro atoms. The van der Waals surface area contributed by atoms with Gasteiger partial charge in [0.25, 0.3) is 0 Å². The van der Waals surface area contributed by atoms with Crippen molar-refractivity contribution in [3.8, 4) is 6.07 Å². The van der Waals surface area contributed by atoms with E-state index in [0.717, 1.165) is 44.7 Å². The van der Waals surface area contributed by atoms with E-state index in [4.69, 9.17) is 38.7 Å². The van der Waals surface area contributed by atoms with Gasteiger partial charge in [0.1, 0.15) is 17.6 Å². The van der Waals surface area contributed by atoms with Crippen molar-refractivity contribution in [2.24, 2.45) is 11.8 Å². The fraction of sp³-hybridized carbons (Fsp3) is 0.500. The lowest BCUT2D eigenvalue weighted by atomic mass is 9.80. The minimum Gasteiger partial charge on any atom is -0.481 e. The van der Waals surface area contributed by atoms with Crippen LogP contribution in [0.15, 0.2) is 24.4 Å². The number of benzene rings is 1. The second kappa shape index (κ2) is 12.1. The van der Waals surface area contributed by atoms with Crippen molar-refractivity contribution in [2.75, 3.05) is 42.9 Å². The second-order valence-electron chi connectivity index (χ2n) is 9.81. The monoisotopic (exact) mass is 543 g/mol. The molecule has 37 heavy (non-hydrogen) atoms. The largest absolute Gasteiger partial charge is 0.481 e. The summed E-state index contributed by atoms with van der Waals surface area (Å²) >= 11 is 12.4. The van der Waals surface area contributed by atoms with E-state index in [9.17, 15) is 10.1 Å². The topological polar surface area (TPSA) is 129 Å². The van der Waals surface area contributed by atoms with Crippen LogP contribution in [0.1, 0.15) is 49.9 Å². The summed E-state index contributed by atoms with van der Waals surface area (Å²) in [6.45, 7) is 6.55. The Labute approximate surface area is 226 Å². The predicted octanol–water partition coefficient (Wildman–Crippen LogP) is 4.86. The lowest BCUT2D eigenvalue weighted by Gasteiger charge is -2.47. The number of nitriles is 1. The second-order valence-corrected chi connectivity index (χ2v) is 10.7. The summed E-state index contributed by atoms with van der Waals surface area (Å²) in [7, 11) is 0. The molecule has 4 rings (SSSR count). The van der Waals surface area contributed by atoms with Crippen molar-refractivity contribution in [3.63, 3.8) is 0 Å². The molecule has 2 aliphatic rings. The molecule has 11 heteroatoms. The number of carbonyl (C=O) groups is 1. The van der Waals surface area contributed by atoms with Gasteiger partial charge in [-0.05, 0) is 68.8 Å². The molecule has 196 valence electrons. The average molecular weight is 544 g/mol. The molecule has 9 nitrogen and oxygen atoms in total. The maximum atomic E-state index is 10.8. The van der Waals surface area contributed by atoms with Crippen molar-refractivity contribution in [1.29, 1.82) is 10.7 Å². The number of nitrogens with zero attached hydrogens (tertiary/aromatic N) is 5. The number of likely N-dealkylation sites (tertiary alicyclic amines) is 1. The van der Waals surface area contributed by atoms with Gasteiger partial charge in [-0.25, -0.2) is 9.97 Å². The number of carboxylic acids is 1. The van der Waals surface area contributed by atoms with Crippen LogP contribution in [0.2, 0.25) is 10.0 Å². The molecule has 2 atom stereocenters. The fourth-order valence-electron chi connectivity index (χ4n) is 5.14. The lowest BCUT2D eigenvalue weighted by molar-refractivity contribution is -0.137. The molecule has 0 amide bonds. The van der Waals surface area contributed by atoms with E-state index in [1.165, 1.54) is 6.42 Å².